The number of carbonyl (C=O) groups is 1. The van der Waals surface area contributed by atoms with Crippen molar-refractivity contribution in [1.29, 1.82) is 0 Å². The molecule has 0 saturated heterocycles. The van der Waals surface area contributed by atoms with Gasteiger partial charge in [-0.15, -0.1) is 0 Å². The molecule has 98 valence electrons. The average Bonchev–Trinajstić information content (AvgIpc) is 2.46. The number of hydrogen-bond acceptors (Lipinski definition) is 2. The Bertz CT molecular complexity index is 531. The summed E-state index contributed by atoms with van der Waals surface area (Å²) in [5.41, 5.74) is 3.32. The van der Waals surface area contributed by atoms with E-state index in [1.807, 2.05) is 25.1 Å². The lowest BCUT2D eigenvalue weighted by Crippen LogP contribution is -2.11. The summed E-state index contributed by atoms with van der Waals surface area (Å²) in [6.07, 6.45) is 3.11. The van der Waals surface area contributed by atoms with Crippen molar-refractivity contribution in [2.24, 2.45) is 0 Å². The van der Waals surface area contributed by atoms with E-state index in [1.54, 1.807) is 6.20 Å². The number of nitrogens with zero attached hydrogens (tertiary/aromatic N) is 1. The van der Waals surface area contributed by atoms with Crippen LogP contribution in [-0.4, -0.2) is 10.8 Å². The second-order valence-electron chi connectivity index (χ2n) is 4.93. The third-order valence-corrected chi connectivity index (χ3v) is 3.40. The van der Waals surface area contributed by atoms with Gasteiger partial charge in [0.25, 0.3) is 0 Å². The summed E-state index contributed by atoms with van der Waals surface area (Å²) in [4.78, 5) is 16.4. The Kier molecular flexibility index (Phi) is 4.45. The molecule has 0 fully saturated rings. The third-order valence-electron chi connectivity index (χ3n) is 3.40. The van der Waals surface area contributed by atoms with Crippen molar-refractivity contribution < 1.29 is 4.79 Å². The summed E-state index contributed by atoms with van der Waals surface area (Å²) in [5.74, 6) is 0.130. The Morgan fingerprint density at radius 2 is 1.89 bits per heavy atom. The molecule has 2 aromatic rings. The lowest BCUT2D eigenvalue weighted by atomic mass is 9.96. The van der Waals surface area contributed by atoms with Crippen molar-refractivity contribution in [1.82, 2.24) is 4.98 Å². The van der Waals surface area contributed by atoms with E-state index >= 15 is 0 Å². The van der Waals surface area contributed by atoms with Gasteiger partial charge >= 0.3 is 0 Å². The van der Waals surface area contributed by atoms with E-state index in [4.69, 9.17) is 0 Å². The van der Waals surface area contributed by atoms with Gasteiger partial charge in [-0.3, -0.25) is 9.78 Å². The molecule has 1 aromatic heterocycles. The van der Waals surface area contributed by atoms with E-state index in [0.717, 1.165) is 12.1 Å². The number of pyridine rings is 1. The minimum absolute atomic E-state index is 0.119. The van der Waals surface area contributed by atoms with E-state index in [-0.39, 0.29) is 11.7 Å². The third kappa shape index (κ3) is 3.75. The van der Waals surface area contributed by atoms with Gasteiger partial charge in [-0.1, -0.05) is 35.9 Å². The number of carbonyl (C=O) groups excluding carboxylic acids is 1. The molecule has 1 atom stereocenters. The number of aromatic nitrogens is 1. The van der Waals surface area contributed by atoms with Crippen LogP contribution in [0.4, 0.5) is 0 Å². The Balaban J connectivity index is 1.93. The van der Waals surface area contributed by atoms with E-state index in [1.165, 1.54) is 11.1 Å². The van der Waals surface area contributed by atoms with Gasteiger partial charge in [0.15, 0.2) is 0 Å². The lowest BCUT2D eigenvalue weighted by Gasteiger charge is -2.09. The number of Topliss-reactive ketones (excluding diaryl/α,β-unsaturated/α-hetero) is 1. The smallest absolute Gasteiger partial charge is 0.141 e. The molecule has 0 spiro atoms. The molecule has 2 rings (SSSR count). The monoisotopic (exact) mass is 253 g/mol. The maximum absolute atomic E-state index is 12.1. The number of hydrogen-bond donors (Lipinski definition) is 0. The van der Waals surface area contributed by atoms with Gasteiger partial charge in [0.2, 0.25) is 0 Å². The molecule has 0 amide bonds. The number of benzene rings is 1. The predicted octanol–water partition coefficient (Wildman–Crippen LogP) is 3.70. The molecule has 1 aromatic carbocycles. The van der Waals surface area contributed by atoms with E-state index in [2.05, 4.69) is 36.2 Å². The normalized spacial score (nSPS) is 12.1. The maximum Gasteiger partial charge on any atom is 0.141 e. The van der Waals surface area contributed by atoms with Crippen LogP contribution >= 0.6 is 0 Å². The van der Waals surface area contributed by atoms with Crippen LogP contribution in [0.3, 0.4) is 0 Å². The molecule has 0 N–H and O–H groups in total. The molecule has 2 nitrogen and oxygen atoms in total. The fraction of sp³-hybridized carbons (Fsp3) is 0.294. The minimum Gasteiger partial charge on any atom is -0.299 e. The molecule has 2 heteroatoms. The van der Waals surface area contributed by atoms with Gasteiger partial charge in [0.1, 0.15) is 5.78 Å². The van der Waals surface area contributed by atoms with Crippen LogP contribution in [0.2, 0.25) is 0 Å². The van der Waals surface area contributed by atoms with Crippen molar-refractivity contribution >= 4 is 5.78 Å². The summed E-state index contributed by atoms with van der Waals surface area (Å²) in [6, 6.07) is 14.1. The summed E-state index contributed by atoms with van der Waals surface area (Å²) in [5, 5.41) is 0. The van der Waals surface area contributed by atoms with Crippen molar-refractivity contribution in [3.05, 3.63) is 65.5 Å². The molecular formula is C17H19NO. The van der Waals surface area contributed by atoms with E-state index < -0.39 is 0 Å². The zero-order valence-electron chi connectivity index (χ0n) is 11.5. The van der Waals surface area contributed by atoms with Gasteiger partial charge in [-0.2, -0.15) is 0 Å². The summed E-state index contributed by atoms with van der Waals surface area (Å²) in [7, 11) is 0. The number of rotatable bonds is 5. The second kappa shape index (κ2) is 6.28. The van der Waals surface area contributed by atoms with Gasteiger partial charge in [-0.25, -0.2) is 0 Å². The molecule has 0 aliphatic rings. The highest BCUT2D eigenvalue weighted by atomic mass is 16.1. The highest BCUT2D eigenvalue weighted by molar-refractivity contribution is 5.85. The summed E-state index contributed by atoms with van der Waals surface area (Å²) >= 11 is 0. The molecule has 0 saturated carbocycles. The topological polar surface area (TPSA) is 30.0 Å². The minimum atomic E-state index is -0.119. The zero-order chi connectivity index (χ0) is 13.7. The average molecular weight is 253 g/mol. The van der Waals surface area contributed by atoms with Gasteiger partial charge in [0.05, 0.1) is 11.6 Å². The summed E-state index contributed by atoms with van der Waals surface area (Å²) in [6.45, 7) is 4.00. The summed E-state index contributed by atoms with van der Waals surface area (Å²) < 4.78 is 0. The van der Waals surface area contributed by atoms with Crippen LogP contribution < -0.4 is 0 Å². The first-order chi connectivity index (χ1) is 9.16. The highest BCUT2D eigenvalue weighted by Gasteiger charge is 2.15. The molecular weight excluding hydrogens is 234 g/mol. The van der Waals surface area contributed by atoms with Crippen LogP contribution in [0, 0.1) is 6.92 Å². The quantitative estimate of drug-likeness (QED) is 0.813. The molecule has 0 aliphatic heterocycles. The SMILES string of the molecule is Cc1ccc(CCC(=O)C(C)c2ccccn2)cc1. The van der Waals surface area contributed by atoms with Crippen LogP contribution in [0.15, 0.2) is 48.7 Å². The second-order valence-corrected chi connectivity index (χ2v) is 4.93. The fourth-order valence-corrected chi connectivity index (χ4v) is 2.04. The first-order valence-corrected chi connectivity index (χ1v) is 6.66. The van der Waals surface area contributed by atoms with Crippen LogP contribution in [-0.2, 0) is 11.2 Å². The molecule has 0 aliphatic carbocycles. The predicted molar refractivity (Wildman–Crippen MR) is 77.2 cm³/mol. The Morgan fingerprint density at radius 1 is 1.16 bits per heavy atom. The van der Waals surface area contributed by atoms with Crippen molar-refractivity contribution in [3.63, 3.8) is 0 Å². The number of aryl methyl sites for hydroxylation is 2. The molecule has 19 heavy (non-hydrogen) atoms. The van der Waals surface area contributed by atoms with E-state index in [0.29, 0.717) is 6.42 Å². The van der Waals surface area contributed by atoms with Crippen molar-refractivity contribution in [2.45, 2.75) is 32.6 Å². The highest BCUT2D eigenvalue weighted by Crippen LogP contribution is 2.16. The Hall–Kier alpha value is -1.96. The van der Waals surface area contributed by atoms with Crippen LogP contribution in [0.1, 0.15) is 36.1 Å². The van der Waals surface area contributed by atoms with Crippen LogP contribution in [0.5, 0.6) is 0 Å². The van der Waals surface area contributed by atoms with Crippen LogP contribution in [0.25, 0.3) is 0 Å². The molecule has 0 bridgehead atoms. The van der Waals surface area contributed by atoms with Gasteiger partial charge in [-0.05, 0) is 38.0 Å². The standard InChI is InChI=1S/C17H19NO/c1-13-6-8-15(9-7-13)10-11-17(19)14(2)16-5-3-4-12-18-16/h3-9,12,14H,10-11H2,1-2H3. The zero-order valence-corrected chi connectivity index (χ0v) is 11.5. The molecule has 1 unspecified atom stereocenters. The van der Waals surface area contributed by atoms with Gasteiger partial charge < -0.3 is 0 Å². The maximum atomic E-state index is 12.1. The van der Waals surface area contributed by atoms with Crippen molar-refractivity contribution in [3.8, 4) is 0 Å². The van der Waals surface area contributed by atoms with Crippen molar-refractivity contribution in [2.75, 3.05) is 0 Å². The molecule has 0 radical (unpaired) electrons. The first kappa shape index (κ1) is 13.5. The lowest BCUT2D eigenvalue weighted by molar-refractivity contribution is -0.120. The first-order valence-electron chi connectivity index (χ1n) is 6.66. The fourth-order valence-electron chi connectivity index (χ4n) is 2.04. The Labute approximate surface area is 114 Å². The largest absolute Gasteiger partial charge is 0.299 e. The molecule has 1 heterocycles. The van der Waals surface area contributed by atoms with Gasteiger partial charge in [0, 0.05) is 12.6 Å². The van der Waals surface area contributed by atoms with E-state index in [9.17, 15) is 4.79 Å². The number of ketones is 1. The Morgan fingerprint density at radius 3 is 2.53 bits per heavy atom.